The van der Waals surface area contributed by atoms with Gasteiger partial charge in [0.05, 0.1) is 6.33 Å². The zero-order chi connectivity index (χ0) is 22.5. The van der Waals surface area contributed by atoms with E-state index in [4.69, 9.17) is 11.6 Å². The predicted octanol–water partition coefficient (Wildman–Crippen LogP) is 3.56. The number of hydrogen-bond acceptors (Lipinski definition) is 4. The van der Waals surface area contributed by atoms with E-state index < -0.39 is 17.2 Å². The van der Waals surface area contributed by atoms with Crippen molar-refractivity contribution in [2.45, 2.75) is 66.1 Å². The minimum Gasteiger partial charge on any atom is -0.325 e. The van der Waals surface area contributed by atoms with E-state index in [0.717, 1.165) is 35.8 Å². The fourth-order valence-corrected chi connectivity index (χ4v) is 3.59. The number of fused-ring (bicyclic) bond motifs is 1. The Morgan fingerprint density at radius 3 is 2.48 bits per heavy atom. The van der Waals surface area contributed by atoms with Crippen molar-refractivity contribution in [3.05, 3.63) is 56.0 Å². The van der Waals surface area contributed by atoms with E-state index >= 15 is 0 Å². The summed E-state index contributed by atoms with van der Waals surface area (Å²) in [4.78, 5) is 43.3. The molecule has 31 heavy (non-hydrogen) atoms. The average molecular weight is 446 g/mol. The van der Waals surface area contributed by atoms with Gasteiger partial charge in [-0.3, -0.25) is 14.2 Å². The number of imidazole rings is 1. The fourth-order valence-electron chi connectivity index (χ4n) is 3.41. The summed E-state index contributed by atoms with van der Waals surface area (Å²) in [5.41, 5.74) is 1.11. The zero-order valence-electron chi connectivity index (χ0n) is 18.2. The van der Waals surface area contributed by atoms with E-state index in [1.54, 1.807) is 29.1 Å². The molecule has 0 atom stereocenters. The highest BCUT2D eigenvalue weighted by Gasteiger charge is 2.19. The van der Waals surface area contributed by atoms with Gasteiger partial charge in [0.25, 0.3) is 5.56 Å². The van der Waals surface area contributed by atoms with E-state index in [1.807, 2.05) is 13.8 Å². The molecule has 0 saturated heterocycles. The number of carbonyl (C=O) groups is 1. The molecule has 0 aliphatic rings. The second-order valence-electron chi connectivity index (χ2n) is 7.65. The topological polar surface area (TPSA) is 90.9 Å². The number of amides is 1. The van der Waals surface area contributed by atoms with Gasteiger partial charge in [0.15, 0.2) is 11.2 Å². The third kappa shape index (κ3) is 4.90. The van der Waals surface area contributed by atoms with E-state index in [9.17, 15) is 14.4 Å². The van der Waals surface area contributed by atoms with Gasteiger partial charge >= 0.3 is 5.69 Å². The molecule has 1 N–H and O–H groups in total. The van der Waals surface area contributed by atoms with Gasteiger partial charge in [-0.2, -0.15) is 0 Å². The van der Waals surface area contributed by atoms with Crippen LogP contribution in [-0.4, -0.2) is 24.6 Å². The van der Waals surface area contributed by atoms with Gasteiger partial charge in [-0.15, -0.1) is 0 Å². The molecule has 166 valence electrons. The molecule has 9 heteroatoms. The monoisotopic (exact) mass is 445 g/mol. The Morgan fingerprint density at radius 2 is 1.81 bits per heavy atom. The van der Waals surface area contributed by atoms with Crippen LogP contribution >= 0.6 is 11.6 Å². The van der Waals surface area contributed by atoms with Gasteiger partial charge in [0.1, 0.15) is 6.54 Å². The number of hydrogen-bond donors (Lipinski definition) is 1. The molecule has 3 aromatic rings. The maximum atomic E-state index is 13.2. The normalized spacial score (nSPS) is 11.2. The summed E-state index contributed by atoms with van der Waals surface area (Å²) in [5, 5.41) is 3.24. The van der Waals surface area contributed by atoms with Crippen LogP contribution < -0.4 is 16.6 Å². The third-order valence-corrected chi connectivity index (χ3v) is 5.64. The van der Waals surface area contributed by atoms with Crippen molar-refractivity contribution in [1.29, 1.82) is 0 Å². The van der Waals surface area contributed by atoms with Crippen LogP contribution in [0.1, 0.15) is 45.1 Å². The smallest absolute Gasteiger partial charge is 0.325 e. The van der Waals surface area contributed by atoms with Crippen LogP contribution in [0, 0.1) is 6.92 Å². The molecular formula is C22H28ClN5O3. The molecule has 0 saturated carbocycles. The molecule has 8 nitrogen and oxygen atoms in total. The molecule has 2 heterocycles. The maximum absolute atomic E-state index is 13.2. The third-order valence-electron chi connectivity index (χ3n) is 5.23. The van der Waals surface area contributed by atoms with Crippen LogP contribution in [0.3, 0.4) is 0 Å². The number of carbonyl (C=O) groups excluding carboxylic acids is 1. The number of anilines is 1. The predicted molar refractivity (Wildman–Crippen MR) is 123 cm³/mol. The van der Waals surface area contributed by atoms with E-state index in [-0.39, 0.29) is 6.54 Å². The lowest BCUT2D eigenvalue weighted by atomic mass is 10.2. The summed E-state index contributed by atoms with van der Waals surface area (Å²) < 4.78 is 4.27. The Hall–Kier alpha value is -2.87. The van der Waals surface area contributed by atoms with E-state index in [1.165, 1.54) is 4.57 Å². The van der Waals surface area contributed by atoms with Crippen molar-refractivity contribution in [1.82, 2.24) is 18.7 Å². The van der Waals surface area contributed by atoms with Gasteiger partial charge in [-0.25, -0.2) is 14.3 Å². The second-order valence-corrected chi connectivity index (χ2v) is 8.06. The van der Waals surface area contributed by atoms with Gasteiger partial charge in [0, 0.05) is 23.8 Å². The first-order valence-corrected chi connectivity index (χ1v) is 11.0. The number of benzene rings is 1. The molecule has 0 fully saturated rings. The molecule has 0 bridgehead atoms. The molecule has 0 spiro atoms. The molecule has 1 aromatic carbocycles. The zero-order valence-corrected chi connectivity index (χ0v) is 18.9. The Morgan fingerprint density at radius 1 is 1.10 bits per heavy atom. The van der Waals surface area contributed by atoms with Crippen molar-refractivity contribution in [3.8, 4) is 0 Å². The summed E-state index contributed by atoms with van der Waals surface area (Å²) in [6, 6.07) is 5.16. The average Bonchev–Trinajstić information content (AvgIpc) is 3.16. The van der Waals surface area contributed by atoms with Crippen molar-refractivity contribution in [2.24, 2.45) is 0 Å². The van der Waals surface area contributed by atoms with Crippen LogP contribution in [-0.2, 0) is 24.4 Å². The van der Waals surface area contributed by atoms with Gasteiger partial charge < -0.3 is 9.88 Å². The Balaban J connectivity index is 2.01. The number of nitrogens with one attached hydrogen (secondary N) is 1. The molecule has 0 aliphatic carbocycles. The van der Waals surface area contributed by atoms with Gasteiger partial charge in [-0.1, -0.05) is 44.4 Å². The van der Waals surface area contributed by atoms with Crippen LogP contribution in [0.4, 0.5) is 5.69 Å². The first kappa shape index (κ1) is 22.8. The highest BCUT2D eigenvalue weighted by molar-refractivity contribution is 6.31. The summed E-state index contributed by atoms with van der Waals surface area (Å²) in [6.45, 7) is 6.64. The molecule has 1 amide bonds. The summed E-state index contributed by atoms with van der Waals surface area (Å²) in [7, 11) is 0. The minimum absolute atomic E-state index is 0.357. The number of unbranched alkanes of at least 4 members (excludes halogenated alkanes) is 2. The number of aromatic nitrogens is 4. The molecule has 0 unspecified atom stereocenters. The first-order chi connectivity index (χ1) is 14.9. The van der Waals surface area contributed by atoms with Gasteiger partial charge in [0.2, 0.25) is 5.91 Å². The number of rotatable bonds is 9. The summed E-state index contributed by atoms with van der Waals surface area (Å²) in [5.74, 6) is -0.472. The molecule has 3 rings (SSSR count). The van der Waals surface area contributed by atoms with Crippen molar-refractivity contribution in [2.75, 3.05) is 5.32 Å². The lowest BCUT2D eigenvalue weighted by molar-refractivity contribution is -0.116. The number of aryl methyl sites for hydroxylation is 3. The molecule has 2 aromatic heterocycles. The molecule has 0 aliphatic heterocycles. The largest absolute Gasteiger partial charge is 0.333 e. The highest BCUT2D eigenvalue weighted by Crippen LogP contribution is 2.20. The van der Waals surface area contributed by atoms with Crippen LogP contribution in [0.25, 0.3) is 11.2 Å². The Kier molecular flexibility index (Phi) is 7.33. The lowest BCUT2D eigenvalue weighted by Gasteiger charge is -2.13. The van der Waals surface area contributed by atoms with E-state index in [2.05, 4.69) is 17.2 Å². The summed E-state index contributed by atoms with van der Waals surface area (Å²) >= 11 is 6.12. The van der Waals surface area contributed by atoms with Crippen molar-refractivity contribution < 1.29 is 4.79 Å². The van der Waals surface area contributed by atoms with Crippen LogP contribution in [0.2, 0.25) is 5.02 Å². The second kappa shape index (κ2) is 9.96. The van der Waals surface area contributed by atoms with Crippen molar-refractivity contribution in [3.63, 3.8) is 0 Å². The number of nitrogens with zero attached hydrogens (tertiary/aromatic N) is 4. The van der Waals surface area contributed by atoms with Crippen LogP contribution in [0.5, 0.6) is 0 Å². The fraction of sp³-hybridized carbons (Fsp3) is 0.455. The highest BCUT2D eigenvalue weighted by atomic mass is 35.5. The lowest BCUT2D eigenvalue weighted by Crippen LogP contribution is -2.43. The van der Waals surface area contributed by atoms with E-state index in [0.29, 0.717) is 35.0 Å². The van der Waals surface area contributed by atoms with Crippen LogP contribution in [0.15, 0.2) is 34.1 Å². The maximum Gasteiger partial charge on any atom is 0.333 e. The first-order valence-electron chi connectivity index (χ1n) is 10.6. The quantitative estimate of drug-likeness (QED) is 0.545. The number of halogens is 1. The van der Waals surface area contributed by atoms with Gasteiger partial charge in [-0.05, 0) is 37.5 Å². The standard InChI is InChI=1S/C22H28ClN5O3/c1-4-6-10-26-14-24-20-19(26)21(30)28(22(31)27(20)11-7-5-2)13-18(29)25-16-9-8-15(3)17(23)12-16/h8-9,12,14H,4-7,10-11,13H2,1-3H3,(H,25,29). The Labute approximate surface area is 185 Å². The SMILES string of the molecule is CCCCn1cnc2c1c(=O)n(CC(=O)Nc1ccc(C)c(Cl)c1)c(=O)n2CCCC. The van der Waals surface area contributed by atoms with Crippen molar-refractivity contribution >= 4 is 34.4 Å². The summed E-state index contributed by atoms with van der Waals surface area (Å²) in [6.07, 6.45) is 5.10. The molecular weight excluding hydrogens is 418 g/mol. The Bertz CT molecular complexity index is 1210. The minimum atomic E-state index is -0.524. The molecule has 0 radical (unpaired) electrons.